The van der Waals surface area contributed by atoms with Crippen LogP contribution in [0.25, 0.3) is 113 Å². The Morgan fingerprint density at radius 2 is 0.982 bits per heavy atom. The van der Waals surface area contributed by atoms with Crippen molar-refractivity contribution >= 4 is 95.7 Å². The van der Waals surface area contributed by atoms with Crippen LogP contribution in [-0.2, 0) is 0 Å². The lowest BCUT2D eigenvalue weighted by molar-refractivity contribution is 1.18. The average Bonchev–Trinajstić information content (AvgIpc) is 3.94. The van der Waals surface area contributed by atoms with Gasteiger partial charge in [0.25, 0.3) is 0 Å². The minimum Gasteiger partial charge on any atom is -0.309 e. The molecule has 0 unspecified atom stereocenters. The molecule has 4 heterocycles. The summed E-state index contributed by atoms with van der Waals surface area (Å²) in [7, 11) is 0. The monoisotopic (exact) mass is 735 g/mol. The van der Waals surface area contributed by atoms with Crippen molar-refractivity contribution in [3.8, 4) is 39.5 Å². The van der Waals surface area contributed by atoms with Gasteiger partial charge < -0.3 is 4.57 Å². The summed E-state index contributed by atoms with van der Waals surface area (Å²) in [6.45, 7) is 0. The molecule has 12 aromatic rings. The number of aromatic nitrogens is 3. The lowest BCUT2D eigenvalue weighted by Gasteiger charge is -2.15. The van der Waals surface area contributed by atoms with Crippen LogP contribution in [0, 0.1) is 0 Å². The maximum Gasteiger partial charge on any atom is 0.160 e. The lowest BCUT2D eigenvalue weighted by Crippen LogP contribution is -1.99. The second-order valence-corrected chi connectivity index (χ2v) is 16.2. The summed E-state index contributed by atoms with van der Waals surface area (Å²) in [6, 6.07) is 63.4. The second-order valence-electron chi connectivity index (χ2n) is 14.1. The fourth-order valence-electron chi connectivity index (χ4n) is 8.57. The van der Waals surface area contributed by atoms with Crippen molar-refractivity contribution in [3.05, 3.63) is 176 Å². The molecule has 0 saturated carbocycles. The largest absolute Gasteiger partial charge is 0.309 e. The summed E-state index contributed by atoms with van der Waals surface area (Å²) >= 11 is 3.66. The van der Waals surface area contributed by atoms with E-state index in [-0.39, 0.29) is 0 Å². The third kappa shape index (κ3) is 4.61. The number of hydrogen-bond acceptors (Lipinski definition) is 4. The zero-order valence-corrected chi connectivity index (χ0v) is 31.0. The van der Waals surface area contributed by atoms with E-state index in [1.807, 2.05) is 11.3 Å². The van der Waals surface area contributed by atoms with Gasteiger partial charge in [0.15, 0.2) is 5.82 Å². The molecule has 8 aromatic carbocycles. The standard InChI is InChI=1S/C50H29N3S2/c1-3-15-30(16-4-1)32-27-33(50-51-45(31-17-5-2-6-18-31)49-46(52-50)39-23-11-14-26-42(39)55-49)29-34(28-32)53-40-24-12-9-21-37(40)43-44-38-22-10-13-25-41(38)54-48(44)36-20-8-7-19-35(36)47(43)53/h1-29H. The third-order valence-corrected chi connectivity index (χ3v) is 13.3. The summed E-state index contributed by atoms with van der Waals surface area (Å²) in [4.78, 5) is 10.8. The highest BCUT2D eigenvalue weighted by atomic mass is 32.1. The quantitative estimate of drug-likeness (QED) is 0.180. The summed E-state index contributed by atoms with van der Waals surface area (Å²) < 4.78 is 7.46. The van der Waals surface area contributed by atoms with Gasteiger partial charge in [-0.05, 0) is 47.5 Å². The van der Waals surface area contributed by atoms with Crippen LogP contribution >= 0.6 is 22.7 Å². The van der Waals surface area contributed by atoms with E-state index >= 15 is 0 Å². The van der Waals surface area contributed by atoms with Gasteiger partial charge in [0.1, 0.15) is 0 Å². The van der Waals surface area contributed by atoms with Gasteiger partial charge in [-0.25, -0.2) is 9.97 Å². The predicted octanol–water partition coefficient (Wildman–Crippen LogP) is 14.5. The molecule has 0 N–H and O–H groups in total. The Labute approximate surface area is 324 Å². The van der Waals surface area contributed by atoms with E-state index in [9.17, 15) is 0 Å². The first-order valence-electron chi connectivity index (χ1n) is 18.5. The Balaban J connectivity index is 1.23. The number of rotatable bonds is 4. The number of para-hydroxylation sites is 1. The number of nitrogens with zero attached hydrogens (tertiary/aromatic N) is 3. The SMILES string of the molecule is c1ccc(-c2cc(-c3nc(-c4ccccc4)c4sc5ccccc5c4n3)cc(-n3c4ccccc4c4c5c6ccccc6sc5c5ccccc5c43)c2)cc1. The Morgan fingerprint density at radius 1 is 0.400 bits per heavy atom. The first kappa shape index (κ1) is 30.8. The van der Waals surface area contributed by atoms with Gasteiger partial charge in [-0.1, -0.05) is 140 Å². The number of fused-ring (bicyclic) bond motifs is 13. The lowest BCUT2D eigenvalue weighted by atomic mass is 9.99. The smallest absolute Gasteiger partial charge is 0.160 e. The van der Waals surface area contributed by atoms with Crippen molar-refractivity contribution in [1.82, 2.24) is 14.5 Å². The summed E-state index contributed by atoms with van der Waals surface area (Å²) in [5.74, 6) is 0.714. The Bertz CT molecular complexity index is 3480. The molecule has 0 atom stereocenters. The van der Waals surface area contributed by atoms with Crippen molar-refractivity contribution in [2.75, 3.05) is 0 Å². The predicted molar refractivity (Wildman–Crippen MR) is 236 cm³/mol. The zero-order chi connectivity index (χ0) is 36.0. The van der Waals surface area contributed by atoms with Gasteiger partial charge in [-0.3, -0.25) is 0 Å². The molecule has 4 aromatic heterocycles. The highest BCUT2D eigenvalue weighted by molar-refractivity contribution is 7.27. The molecule has 3 nitrogen and oxygen atoms in total. The molecule has 0 amide bonds. The van der Waals surface area contributed by atoms with Crippen LogP contribution in [0.2, 0.25) is 0 Å². The van der Waals surface area contributed by atoms with Crippen LogP contribution in [0.5, 0.6) is 0 Å². The summed E-state index contributed by atoms with van der Waals surface area (Å²) in [6.07, 6.45) is 0. The minimum absolute atomic E-state index is 0.714. The maximum atomic E-state index is 5.43. The molecule has 55 heavy (non-hydrogen) atoms. The van der Waals surface area contributed by atoms with Crippen LogP contribution in [-0.4, -0.2) is 14.5 Å². The topological polar surface area (TPSA) is 30.7 Å². The Morgan fingerprint density at radius 3 is 1.76 bits per heavy atom. The first-order valence-corrected chi connectivity index (χ1v) is 20.1. The molecule has 0 aliphatic heterocycles. The van der Waals surface area contributed by atoms with Crippen LogP contribution in [0.4, 0.5) is 0 Å². The normalized spacial score (nSPS) is 12.0. The number of thiophene rings is 2. The molecule has 0 aliphatic carbocycles. The van der Waals surface area contributed by atoms with E-state index in [0.29, 0.717) is 5.82 Å². The van der Waals surface area contributed by atoms with E-state index < -0.39 is 0 Å². The number of hydrogen-bond donors (Lipinski definition) is 0. The van der Waals surface area contributed by atoms with Crippen molar-refractivity contribution < 1.29 is 0 Å². The Hall–Kier alpha value is -6.66. The van der Waals surface area contributed by atoms with Crippen molar-refractivity contribution in [1.29, 1.82) is 0 Å². The molecule has 256 valence electrons. The maximum absolute atomic E-state index is 5.43. The van der Waals surface area contributed by atoms with Crippen LogP contribution in [0.3, 0.4) is 0 Å². The van der Waals surface area contributed by atoms with Gasteiger partial charge >= 0.3 is 0 Å². The van der Waals surface area contributed by atoms with E-state index in [0.717, 1.165) is 49.2 Å². The highest BCUT2D eigenvalue weighted by Crippen LogP contribution is 2.48. The van der Waals surface area contributed by atoms with Gasteiger partial charge in [0.05, 0.1) is 26.9 Å². The Kier molecular flexibility index (Phi) is 6.67. The van der Waals surface area contributed by atoms with Crippen molar-refractivity contribution in [2.24, 2.45) is 0 Å². The summed E-state index contributed by atoms with van der Waals surface area (Å²) in [5, 5.41) is 8.85. The van der Waals surface area contributed by atoms with Gasteiger partial charge in [-0.15, -0.1) is 22.7 Å². The first-order chi connectivity index (χ1) is 27.3. The second kappa shape index (κ2) is 11.9. The zero-order valence-electron chi connectivity index (χ0n) is 29.4. The van der Waals surface area contributed by atoms with Gasteiger partial charge in [0, 0.05) is 68.6 Å². The molecule has 5 heteroatoms. The molecule has 0 bridgehead atoms. The van der Waals surface area contributed by atoms with Gasteiger partial charge in [0.2, 0.25) is 0 Å². The average molecular weight is 736 g/mol. The van der Waals surface area contributed by atoms with Crippen LogP contribution in [0.15, 0.2) is 176 Å². The van der Waals surface area contributed by atoms with Gasteiger partial charge in [-0.2, -0.15) is 0 Å². The van der Waals surface area contributed by atoms with E-state index in [1.54, 1.807) is 11.3 Å². The highest BCUT2D eigenvalue weighted by Gasteiger charge is 2.23. The van der Waals surface area contributed by atoms with Crippen LogP contribution < -0.4 is 0 Å². The molecule has 0 spiro atoms. The molecule has 0 fully saturated rings. The molecule has 0 saturated heterocycles. The van der Waals surface area contributed by atoms with E-state index in [1.165, 1.54) is 57.5 Å². The van der Waals surface area contributed by atoms with E-state index in [2.05, 4.69) is 180 Å². The van der Waals surface area contributed by atoms with Crippen LogP contribution in [0.1, 0.15) is 0 Å². The molecule has 12 rings (SSSR count). The minimum atomic E-state index is 0.714. The fraction of sp³-hybridized carbons (Fsp3) is 0. The fourth-order valence-corrected chi connectivity index (χ4v) is 11.0. The molecule has 0 aliphatic rings. The molecular formula is C50H29N3S2. The molecule has 0 radical (unpaired) electrons. The summed E-state index contributed by atoms with van der Waals surface area (Å²) in [5.41, 5.74) is 9.74. The van der Waals surface area contributed by atoms with E-state index in [4.69, 9.17) is 9.97 Å². The number of benzene rings is 8. The third-order valence-electron chi connectivity index (χ3n) is 11.0. The van der Waals surface area contributed by atoms with Crippen molar-refractivity contribution in [3.63, 3.8) is 0 Å². The molecular weight excluding hydrogens is 707 g/mol. The van der Waals surface area contributed by atoms with Crippen molar-refractivity contribution in [2.45, 2.75) is 0 Å².